The van der Waals surface area contributed by atoms with Gasteiger partial charge in [0, 0.05) is 0 Å². The van der Waals surface area contributed by atoms with E-state index in [-0.39, 0.29) is 18.4 Å². The second-order valence-corrected chi connectivity index (χ2v) is 6.76. The summed E-state index contributed by atoms with van der Waals surface area (Å²) in [7, 11) is 0. The van der Waals surface area contributed by atoms with Crippen LogP contribution in [0.5, 0.6) is 11.5 Å². The van der Waals surface area contributed by atoms with Gasteiger partial charge in [-0.1, -0.05) is 30.3 Å². The van der Waals surface area contributed by atoms with E-state index in [1.165, 1.54) is 0 Å². The predicted octanol–water partition coefficient (Wildman–Crippen LogP) is 2.47. The van der Waals surface area contributed by atoms with Crippen molar-refractivity contribution in [1.29, 1.82) is 0 Å². The van der Waals surface area contributed by atoms with E-state index < -0.39 is 12.0 Å². The number of para-hydroxylation sites is 1. The van der Waals surface area contributed by atoms with Gasteiger partial charge < -0.3 is 9.47 Å². The lowest BCUT2D eigenvalue weighted by Gasteiger charge is -2.25. The van der Waals surface area contributed by atoms with Gasteiger partial charge in [-0.05, 0) is 56.0 Å². The number of hydrazine groups is 1. The molecule has 2 aromatic rings. The van der Waals surface area contributed by atoms with Crippen LogP contribution in [0.15, 0.2) is 42.5 Å². The van der Waals surface area contributed by atoms with Gasteiger partial charge in [-0.3, -0.25) is 20.4 Å². The van der Waals surface area contributed by atoms with E-state index >= 15 is 0 Å². The maximum atomic E-state index is 12.3. The molecule has 1 aliphatic heterocycles. The van der Waals surface area contributed by atoms with Crippen molar-refractivity contribution in [1.82, 2.24) is 10.9 Å². The van der Waals surface area contributed by atoms with Crippen molar-refractivity contribution in [2.45, 2.75) is 33.3 Å². The normalized spacial score (nSPS) is 16.5. The van der Waals surface area contributed by atoms with Crippen LogP contribution >= 0.6 is 0 Å². The topological polar surface area (TPSA) is 76.7 Å². The molecule has 0 aromatic heterocycles. The van der Waals surface area contributed by atoms with Crippen molar-refractivity contribution in [3.05, 3.63) is 59.2 Å². The zero-order valence-corrected chi connectivity index (χ0v) is 15.7. The number of amides is 2. The molecule has 0 saturated carbocycles. The van der Waals surface area contributed by atoms with Crippen LogP contribution in [0.1, 0.15) is 23.6 Å². The summed E-state index contributed by atoms with van der Waals surface area (Å²) in [6.45, 7) is 5.85. The van der Waals surface area contributed by atoms with Crippen LogP contribution in [-0.2, 0) is 16.0 Å². The first-order valence-corrected chi connectivity index (χ1v) is 8.99. The van der Waals surface area contributed by atoms with Crippen LogP contribution in [0.3, 0.4) is 0 Å². The minimum Gasteiger partial charge on any atom is -0.492 e. The maximum Gasteiger partial charge on any atom is 0.279 e. The molecule has 6 heteroatoms. The van der Waals surface area contributed by atoms with Crippen LogP contribution in [0.2, 0.25) is 0 Å². The molecule has 2 N–H and O–H groups in total. The van der Waals surface area contributed by atoms with Crippen molar-refractivity contribution in [3.8, 4) is 11.5 Å². The first-order valence-electron chi connectivity index (χ1n) is 8.99. The van der Waals surface area contributed by atoms with Crippen LogP contribution < -0.4 is 20.3 Å². The summed E-state index contributed by atoms with van der Waals surface area (Å²) in [6, 6.07) is 13.3. The third kappa shape index (κ3) is 4.39. The molecular formula is C21H24N2O4. The molecule has 0 aliphatic carbocycles. The fourth-order valence-corrected chi connectivity index (χ4v) is 2.92. The first kappa shape index (κ1) is 18.8. The largest absolute Gasteiger partial charge is 0.492 e. The molecule has 1 aliphatic rings. The Hall–Kier alpha value is -3.02. The van der Waals surface area contributed by atoms with Crippen molar-refractivity contribution in [2.75, 3.05) is 6.61 Å². The molecule has 142 valence electrons. The molecule has 6 nitrogen and oxygen atoms in total. The van der Waals surface area contributed by atoms with Gasteiger partial charge in [-0.15, -0.1) is 0 Å². The first-order chi connectivity index (χ1) is 13.0. The number of benzene rings is 2. The molecule has 2 unspecified atom stereocenters. The molecule has 1 heterocycles. The van der Waals surface area contributed by atoms with Crippen molar-refractivity contribution in [3.63, 3.8) is 0 Å². The Balaban J connectivity index is 1.51. The van der Waals surface area contributed by atoms with Crippen molar-refractivity contribution >= 4 is 11.8 Å². The van der Waals surface area contributed by atoms with Crippen LogP contribution in [0, 0.1) is 19.8 Å². The Bertz CT molecular complexity index is 850. The van der Waals surface area contributed by atoms with E-state index in [1.807, 2.05) is 56.3 Å². The molecule has 2 atom stereocenters. The molecule has 3 rings (SSSR count). The summed E-state index contributed by atoms with van der Waals surface area (Å²) in [4.78, 5) is 24.6. The number of hydrogen-bond donors (Lipinski definition) is 2. The molecular weight excluding hydrogens is 344 g/mol. The number of fused-ring (bicyclic) bond motifs is 1. The maximum absolute atomic E-state index is 12.3. The molecule has 0 spiro atoms. The second-order valence-electron chi connectivity index (χ2n) is 6.76. The smallest absolute Gasteiger partial charge is 0.279 e. The lowest BCUT2D eigenvalue weighted by Crippen LogP contribution is -2.50. The van der Waals surface area contributed by atoms with Crippen LogP contribution in [0.25, 0.3) is 0 Å². The highest BCUT2D eigenvalue weighted by Crippen LogP contribution is 2.26. The van der Waals surface area contributed by atoms with E-state index in [0.717, 1.165) is 22.4 Å². The predicted molar refractivity (Wildman–Crippen MR) is 101 cm³/mol. The number of aryl methyl sites for hydroxylation is 1. The van der Waals surface area contributed by atoms with Gasteiger partial charge in [0.2, 0.25) is 5.91 Å². The summed E-state index contributed by atoms with van der Waals surface area (Å²) >= 11 is 0. The van der Waals surface area contributed by atoms with Gasteiger partial charge in [0.05, 0.1) is 5.92 Å². The van der Waals surface area contributed by atoms with Gasteiger partial charge >= 0.3 is 0 Å². The average Bonchev–Trinajstić information content (AvgIpc) is 2.68. The third-order valence-corrected chi connectivity index (χ3v) is 4.79. The lowest BCUT2D eigenvalue weighted by atomic mass is 9.96. The minimum atomic E-state index is -0.742. The molecule has 0 fully saturated rings. The number of ether oxygens (including phenoxy) is 2. The van der Waals surface area contributed by atoms with Crippen molar-refractivity contribution < 1.29 is 19.1 Å². The van der Waals surface area contributed by atoms with Gasteiger partial charge in [-0.2, -0.15) is 0 Å². The van der Waals surface area contributed by atoms with Crippen LogP contribution in [0.4, 0.5) is 0 Å². The van der Waals surface area contributed by atoms with Crippen molar-refractivity contribution in [2.24, 2.45) is 5.92 Å². The number of nitrogens with one attached hydrogen (secondary N) is 2. The fraction of sp³-hybridized carbons (Fsp3) is 0.333. The second kappa shape index (κ2) is 8.12. The summed E-state index contributed by atoms with van der Waals surface area (Å²) < 4.78 is 11.3. The van der Waals surface area contributed by atoms with Gasteiger partial charge in [-0.25, -0.2) is 0 Å². The zero-order valence-electron chi connectivity index (χ0n) is 15.7. The lowest BCUT2D eigenvalue weighted by molar-refractivity contribution is -0.135. The molecule has 2 aromatic carbocycles. The van der Waals surface area contributed by atoms with E-state index in [0.29, 0.717) is 12.2 Å². The molecule has 27 heavy (non-hydrogen) atoms. The monoisotopic (exact) mass is 368 g/mol. The molecule has 2 amide bonds. The summed E-state index contributed by atoms with van der Waals surface area (Å²) in [5.41, 5.74) is 7.98. The Kier molecular flexibility index (Phi) is 5.64. The molecule has 0 saturated heterocycles. The summed E-state index contributed by atoms with van der Waals surface area (Å²) in [6.07, 6.45) is -0.166. The number of hydrogen-bond acceptors (Lipinski definition) is 4. The summed E-state index contributed by atoms with van der Waals surface area (Å²) in [5, 5.41) is 0. The number of carbonyl (C=O) groups is 2. The molecule has 0 radical (unpaired) electrons. The van der Waals surface area contributed by atoms with Gasteiger partial charge in [0.1, 0.15) is 18.1 Å². The van der Waals surface area contributed by atoms with E-state index in [9.17, 15) is 9.59 Å². The zero-order chi connectivity index (χ0) is 19.4. The Morgan fingerprint density at radius 2 is 1.89 bits per heavy atom. The quantitative estimate of drug-likeness (QED) is 0.813. The SMILES string of the molecule is Cc1cccc(OC(C)C(=O)NNC(=O)C2COc3ccccc3C2)c1C. The standard InChI is InChI=1S/C21H24N2O4/c1-13-7-6-10-18(14(13)2)27-15(3)20(24)22-23-21(25)17-11-16-8-4-5-9-19(16)26-12-17/h4-10,15,17H,11-12H2,1-3H3,(H,22,24)(H,23,25). The Morgan fingerprint density at radius 3 is 2.70 bits per heavy atom. The highest BCUT2D eigenvalue weighted by Gasteiger charge is 2.26. The van der Waals surface area contributed by atoms with Gasteiger partial charge in [0.15, 0.2) is 6.10 Å². The Morgan fingerprint density at radius 1 is 1.11 bits per heavy atom. The van der Waals surface area contributed by atoms with Gasteiger partial charge in [0.25, 0.3) is 5.91 Å². The average molecular weight is 368 g/mol. The van der Waals surface area contributed by atoms with Crippen LogP contribution in [-0.4, -0.2) is 24.5 Å². The molecule has 0 bridgehead atoms. The minimum absolute atomic E-state index is 0.281. The third-order valence-electron chi connectivity index (χ3n) is 4.79. The summed E-state index contributed by atoms with van der Waals surface area (Å²) in [5.74, 6) is 0.413. The highest BCUT2D eigenvalue weighted by molar-refractivity contribution is 5.85. The number of rotatable bonds is 4. The fourth-order valence-electron chi connectivity index (χ4n) is 2.92. The Labute approximate surface area is 158 Å². The van der Waals surface area contributed by atoms with E-state index in [4.69, 9.17) is 9.47 Å². The number of carbonyl (C=O) groups excluding carboxylic acids is 2. The van der Waals surface area contributed by atoms with E-state index in [2.05, 4.69) is 10.9 Å². The van der Waals surface area contributed by atoms with E-state index in [1.54, 1.807) is 6.92 Å². The highest BCUT2D eigenvalue weighted by atomic mass is 16.5.